The van der Waals surface area contributed by atoms with Gasteiger partial charge in [-0.05, 0) is 45.6 Å². The molecular weight excluding hydrogens is 280 g/mol. The molecule has 0 aliphatic carbocycles. The summed E-state index contributed by atoms with van der Waals surface area (Å²) in [5.74, 6) is -0.417. The van der Waals surface area contributed by atoms with Crippen molar-refractivity contribution in [3.05, 3.63) is 29.6 Å². The number of hydrogen-bond donors (Lipinski definition) is 2. The Labute approximate surface area is 132 Å². The highest BCUT2D eigenvalue weighted by Crippen LogP contribution is 2.02. The van der Waals surface area contributed by atoms with Crippen LogP contribution in [0, 0.1) is 0 Å². The lowest BCUT2D eigenvalue weighted by molar-refractivity contribution is 0.0948. The number of pyridine rings is 1. The van der Waals surface area contributed by atoms with E-state index in [1.54, 1.807) is 6.07 Å². The van der Waals surface area contributed by atoms with E-state index < -0.39 is 0 Å². The van der Waals surface area contributed by atoms with Crippen LogP contribution in [0.15, 0.2) is 18.3 Å². The molecule has 1 heterocycles. The third-order valence-corrected chi connectivity index (χ3v) is 3.14. The van der Waals surface area contributed by atoms with Gasteiger partial charge in [0.05, 0.1) is 0 Å². The number of nitrogens with one attached hydrogen (secondary N) is 2. The van der Waals surface area contributed by atoms with Crippen LogP contribution in [-0.4, -0.2) is 55.4 Å². The molecule has 1 rings (SSSR count). The summed E-state index contributed by atoms with van der Waals surface area (Å²) >= 11 is 0. The van der Waals surface area contributed by atoms with Crippen molar-refractivity contribution in [2.75, 3.05) is 33.7 Å². The zero-order valence-corrected chi connectivity index (χ0v) is 13.7. The summed E-state index contributed by atoms with van der Waals surface area (Å²) in [6.45, 7) is 4.21. The lowest BCUT2D eigenvalue weighted by Crippen LogP contribution is -2.28. The zero-order valence-electron chi connectivity index (χ0n) is 13.7. The van der Waals surface area contributed by atoms with Gasteiger partial charge >= 0.3 is 0 Å². The van der Waals surface area contributed by atoms with Gasteiger partial charge in [0.1, 0.15) is 5.69 Å². The maximum atomic E-state index is 12.0. The minimum absolute atomic E-state index is 0.177. The molecule has 0 saturated heterocycles. The maximum absolute atomic E-state index is 12.0. The standard InChI is InChI=1S/C16H26N4O2/c1-4-5-8-19-16(22)14-12-13(7-10-17-14)15(21)18-9-6-11-20(2)3/h7,10,12H,4-6,8-9,11H2,1-3H3,(H,18,21)(H,19,22). The average Bonchev–Trinajstić information content (AvgIpc) is 2.51. The normalized spacial score (nSPS) is 10.5. The molecule has 6 heteroatoms. The Morgan fingerprint density at radius 3 is 2.50 bits per heavy atom. The summed E-state index contributed by atoms with van der Waals surface area (Å²) in [5.41, 5.74) is 0.734. The highest BCUT2D eigenvalue weighted by molar-refractivity contribution is 5.98. The van der Waals surface area contributed by atoms with Crippen molar-refractivity contribution in [3.8, 4) is 0 Å². The number of carbonyl (C=O) groups is 2. The first-order chi connectivity index (χ1) is 10.5. The maximum Gasteiger partial charge on any atom is 0.269 e. The fraction of sp³-hybridized carbons (Fsp3) is 0.562. The van der Waals surface area contributed by atoms with E-state index in [9.17, 15) is 9.59 Å². The van der Waals surface area contributed by atoms with Crippen LogP contribution in [0.1, 0.15) is 47.0 Å². The van der Waals surface area contributed by atoms with E-state index in [0.717, 1.165) is 25.8 Å². The van der Waals surface area contributed by atoms with Crippen molar-refractivity contribution >= 4 is 11.8 Å². The third kappa shape index (κ3) is 6.67. The van der Waals surface area contributed by atoms with E-state index >= 15 is 0 Å². The fourth-order valence-electron chi connectivity index (χ4n) is 1.86. The monoisotopic (exact) mass is 306 g/mol. The zero-order chi connectivity index (χ0) is 16.4. The molecular formula is C16H26N4O2. The molecule has 0 aromatic carbocycles. The van der Waals surface area contributed by atoms with Gasteiger partial charge in [0.25, 0.3) is 11.8 Å². The Morgan fingerprint density at radius 1 is 1.14 bits per heavy atom. The molecule has 0 bridgehead atoms. The van der Waals surface area contributed by atoms with Crippen LogP contribution < -0.4 is 10.6 Å². The predicted molar refractivity (Wildman–Crippen MR) is 87.0 cm³/mol. The number of hydrogen-bond acceptors (Lipinski definition) is 4. The third-order valence-electron chi connectivity index (χ3n) is 3.14. The first-order valence-electron chi connectivity index (χ1n) is 7.71. The lowest BCUT2D eigenvalue weighted by atomic mass is 10.2. The molecule has 0 atom stereocenters. The number of aromatic nitrogens is 1. The Hall–Kier alpha value is -1.95. The van der Waals surface area contributed by atoms with Gasteiger partial charge in [0.2, 0.25) is 0 Å². The molecule has 6 nitrogen and oxygen atoms in total. The molecule has 0 spiro atoms. The van der Waals surface area contributed by atoms with Crippen LogP contribution in [0.5, 0.6) is 0 Å². The summed E-state index contributed by atoms with van der Waals surface area (Å²) in [6, 6.07) is 3.15. The van der Waals surface area contributed by atoms with Gasteiger partial charge < -0.3 is 15.5 Å². The van der Waals surface area contributed by atoms with Gasteiger partial charge in [-0.2, -0.15) is 0 Å². The number of rotatable bonds is 9. The first-order valence-corrected chi connectivity index (χ1v) is 7.71. The summed E-state index contributed by atoms with van der Waals surface area (Å²) in [5, 5.41) is 5.64. The molecule has 0 unspecified atom stereocenters. The number of carbonyl (C=O) groups excluding carboxylic acids is 2. The molecule has 1 aromatic rings. The molecule has 0 fully saturated rings. The molecule has 0 aliphatic heterocycles. The van der Waals surface area contributed by atoms with Crippen LogP contribution in [0.4, 0.5) is 0 Å². The van der Waals surface area contributed by atoms with Crippen molar-refractivity contribution in [3.63, 3.8) is 0 Å². The Morgan fingerprint density at radius 2 is 1.82 bits per heavy atom. The second kappa shape index (κ2) is 9.89. The topological polar surface area (TPSA) is 74.3 Å². The number of unbranched alkanes of at least 4 members (excludes halogenated alkanes) is 1. The van der Waals surface area contributed by atoms with Crippen LogP contribution >= 0.6 is 0 Å². The first kappa shape index (κ1) is 18.1. The van der Waals surface area contributed by atoms with E-state index in [4.69, 9.17) is 0 Å². The van der Waals surface area contributed by atoms with Gasteiger partial charge in [-0.25, -0.2) is 0 Å². The molecule has 0 saturated carbocycles. The minimum atomic E-state index is -0.240. The molecule has 1 aromatic heterocycles. The second-order valence-electron chi connectivity index (χ2n) is 5.45. The van der Waals surface area contributed by atoms with Crippen LogP contribution in [-0.2, 0) is 0 Å². The van der Waals surface area contributed by atoms with Crippen molar-refractivity contribution < 1.29 is 9.59 Å². The van der Waals surface area contributed by atoms with Gasteiger partial charge in [0, 0.05) is 24.8 Å². The van der Waals surface area contributed by atoms with Gasteiger partial charge in [0.15, 0.2) is 0 Å². The minimum Gasteiger partial charge on any atom is -0.352 e. The molecule has 2 amide bonds. The summed E-state index contributed by atoms with van der Waals surface area (Å²) in [7, 11) is 3.99. The predicted octanol–water partition coefficient (Wildman–Crippen LogP) is 1.29. The van der Waals surface area contributed by atoms with Crippen molar-refractivity contribution in [2.45, 2.75) is 26.2 Å². The van der Waals surface area contributed by atoms with Gasteiger partial charge in [-0.3, -0.25) is 14.6 Å². The molecule has 2 N–H and O–H groups in total. The van der Waals surface area contributed by atoms with Crippen LogP contribution in [0.2, 0.25) is 0 Å². The van der Waals surface area contributed by atoms with Crippen molar-refractivity contribution in [1.29, 1.82) is 0 Å². The van der Waals surface area contributed by atoms with Crippen LogP contribution in [0.3, 0.4) is 0 Å². The van der Waals surface area contributed by atoms with E-state index in [1.807, 2.05) is 14.1 Å². The molecule has 22 heavy (non-hydrogen) atoms. The van der Waals surface area contributed by atoms with Crippen molar-refractivity contribution in [1.82, 2.24) is 20.5 Å². The number of nitrogens with zero attached hydrogens (tertiary/aromatic N) is 2. The van der Waals surface area contributed by atoms with Crippen molar-refractivity contribution in [2.24, 2.45) is 0 Å². The Kier molecular flexibility index (Phi) is 8.14. The SMILES string of the molecule is CCCCNC(=O)c1cc(C(=O)NCCCN(C)C)ccn1. The van der Waals surface area contributed by atoms with E-state index in [1.165, 1.54) is 12.3 Å². The second-order valence-corrected chi connectivity index (χ2v) is 5.45. The van der Waals surface area contributed by atoms with Gasteiger partial charge in [-0.15, -0.1) is 0 Å². The Balaban J connectivity index is 2.52. The smallest absolute Gasteiger partial charge is 0.269 e. The summed E-state index contributed by atoms with van der Waals surface area (Å²) in [4.78, 5) is 30.0. The molecule has 122 valence electrons. The summed E-state index contributed by atoms with van der Waals surface area (Å²) in [6.07, 6.45) is 4.32. The largest absolute Gasteiger partial charge is 0.352 e. The summed E-state index contributed by atoms with van der Waals surface area (Å²) < 4.78 is 0. The Bertz CT molecular complexity index is 489. The lowest BCUT2D eigenvalue weighted by Gasteiger charge is -2.10. The molecule has 0 radical (unpaired) electrons. The van der Waals surface area contributed by atoms with E-state index in [0.29, 0.717) is 18.7 Å². The quantitative estimate of drug-likeness (QED) is 0.674. The van der Waals surface area contributed by atoms with E-state index in [-0.39, 0.29) is 17.5 Å². The fourth-order valence-corrected chi connectivity index (χ4v) is 1.86. The highest BCUT2D eigenvalue weighted by atomic mass is 16.2. The van der Waals surface area contributed by atoms with E-state index in [2.05, 4.69) is 27.4 Å². The molecule has 0 aliphatic rings. The van der Waals surface area contributed by atoms with Gasteiger partial charge in [-0.1, -0.05) is 13.3 Å². The number of amides is 2. The van der Waals surface area contributed by atoms with Crippen LogP contribution in [0.25, 0.3) is 0 Å². The average molecular weight is 306 g/mol. The highest BCUT2D eigenvalue weighted by Gasteiger charge is 2.11.